The highest BCUT2D eigenvalue weighted by Gasteiger charge is 2.28. The van der Waals surface area contributed by atoms with E-state index in [1.54, 1.807) is 4.68 Å². The van der Waals surface area contributed by atoms with Gasteiger partial charge in [-0.1, -0.05) is 17.8 Å². The number of nitrogens with one attached hydrogen (secondary N) is 1. The molecule has 1 aromatic carbocycles. The molecule has 2 aromatic rings. The Bertz CT molecular complexity index is 666. The molecule has 1 aromatic heterocycles. The zero-order chi connectivity index (χ0) is 14.8. The van der Waals surface area contributed by atoms with Gasteiger partial charge in [0, 0.05) is 0 Å². The third-order valence-electron chi connectivity index (χ3n) is 3.17. The quantitative estimate of drug-likeness (QED) is 0.643. The second-order valence-corrected chi connectivity index (χ2v) is 6.01. The molecule has 0 saturated heterocycles. The fraction of sp³-hybridized carbons (Fsp3) is 0.385. The van der Waals surface area contributed by atoms with Crippen LogP contribution < -0.4 is 11.1 Å². The van der Waals surface area contributed by atoms with Gasteiger partial charge in [0.1, 0.15) is 0 Å². The molecule has 0 aliphatic heterocycles. The number of rotatable bonds is 5. The van der Waals surface area contributed by atoms with Crippen LogP contribution in [-0.4, -0.2) is 31.9 Å². The van der Waals surface area contributed by atoms with Crippen molar-refractivity contribution in [2.45, 2.75) is 31.0 Å². The number of tetrazole rings is 1. The molecule has 1 fully saturated rings. The number of nitrogens with zero attached hydrogens (tertiary/aromatic N) is 4. The van der Waals surface area contributed by atoms with Crippen LogP contribution >= 0.6 is 11.8 Å². The third kappa shape index (κ3) is 3.33. The number of carbonyl (C=O) groups excluding carboxylic acids is 1. The summed E-state index contributed by atoms with van der Waals surface area (Å²) < 4.78 is 1.79. The van der Waals surface area contributed by atoms with Crippen molar-refractivity contribution in [2.24, 2.45) is 0 Å². The van der Waals surface area contributed by atoms with E-state index in [-0.39, 0.29) is 11.7 Å². The number of thioether (sulfide) groups is 1. The Balaban J connectivity index is 1.57. The van der Waals surface area contributed by atoms with Gasteiger partial charge in [-0.15, -0.1) is 5.10 Å². The van der Waals surface area contributed by atoms with Crippen LogP contribution in [-0.2, 0) is 4.79 Å². The fourth-order valence-corrected chi connectivity index (χ4v) is 2.69. The number of hydrogen-bond donors (Lipinski definition) is 2. The maximum Gasteiger partial charge on any atom is 0.234 e. The molecule has 1 heterocycles. The molecular formula is C13H16N6OS. The summed E-state index contributed by atoms with van der Waals surface area (Å²) in [5.74, 6) is 0.126. The van der Waals surface area contributed by atoms with Gasteiger partial charge in [0.25, 0.3) is 0 Å². The minimum Gasteiger partial charge on any atom is -0.397 e. The first-order valence-electron chi connectivity index (χ1n) is 6.70. The molecule has 110 valence electrons. The first-order chi connectivity index (χ1) is 10.1. The third-order valence-corrected chi connectivity index (χ3v) is 4.10. The number of hydrogen-bond acceptors (Lipinski definition) is 6. The van der Waals surface area contributed by atoms with Gasteiger partial charge in [-0.2, -0.15) is 0 Å². The summed E-state index contributed by atoms with van der Waals surface area (Å²) in [6.07, 6.45) is 2.20. The summed E-state index contributed by atoms with van der Waals surface area (Å²) in [6.45, 7) is 1.95. The molecule has 3 rings (SSSR count). The van der Waals surface area contributed by atoms with Gasteiger partial charge in [0.2, 0.25) is 11.1 Å². The van der Waals surface area contributed by atoms with E-state index < -0.39 is 0 Å². The molecule has 7 nitrogen and oxygen atoms in total. The maximum atomic E-state index is 12.0. The number of benzene rings is 1. The molecular weight excluding hydrogens is 288 g/mol. The molecule has 1 amide bonds. The van der Waals surface area contributed by atoms with Crippen LogP contribution in [0.5, 0.6) is 0 Å². The Kier molecular flexibility index (Phi) is 3.78. The lowest BCUT2D eigenvalue weighted by molar-refractivity contribution is -0.113. The largest absolute Gasteiger partial charge is 0.397 e. The van der Waals surface area contributed by atoms with Crippen LogP contribution in [0.4, 0.5) is 11.4 Å². The molecule has 0 radical (unpaired) electrons. The highest BCUT2D eigenvalue weighted by molar-refractivity contribution is 7.99. The van der Waals surface area contributed by atoms with Crippen LogP contribution in [0.3, 0.4) is 0 Å². The second-order valence-electron chi connectivity index (χ2n) is 5.06. The molecule has 0 unspecified atom stereocenters. The zero-order valence-corrected chi connectivity index (χ0v) is 12.4. The Labute approximate surface area is 126 Å². The molecule has 8 heteroatoms. The number of amides is 1. The van der Waals surface area contributed by atoms with Crippen molar-refractivity contribution in [3.8, 4) is 0 Å². The normalized spacial score (nSPS) is 14.1. The van der Waals surface area contributed by atoms with Gasteiger partial charge in [-0.05, 0) is 47.9 Å². The highest BCUT2D eigenvalue weighted by Crippen LogP contribution is 2.36. The maximum absolute atomic E-state index is 12.0. The molecule has 0 atom stereocenters. The molecule has 1 aliphatic carbocycles. The minimum absolute atomic E-state index is 0.124. The fourth-order valence-electron chi connectivity index (χ4n) is 1.94. The molecule has 3 N–H and O–H groups in total. The first kappa shape index (κ1) is 13.9. The summed E-state index contributed by atoms with van der Waals surface area (Å²) in [5.41, 5.74) is 8.13. The summed E-state index contributed by atoms with van der Waals surface area (Å²) in [4.78, 5) is 12.0. The van der Waals surface area contributed by atoms with E-state index in [0.29, 0.717) is 22.6 Å². The summed E-state index contributed by atoms with van der Waals surface area (Å²) in [7, 11) is 0. The van der Waals surface area contributed by atoms with Crippen LogP contribution in [0.25, 0.3) is 0 Å². The topological polar surface area (TPSA) is 98.7 Å². The van der Waals surface area contributed by atoms with E-state index in [2.05, 4.69) is 20.8 Å². The van der Waals surface area contributed by atoms with Gasteiger partial charge in [-0.25, -0.2) is 4.68 Å². The van der Waals surface area contributed by atoms with Gasteiger partial charge in [0.05, 0.1) is 23.2 Å². The van der Waals surface area contributed by atoms with Crippen LogP contribution in [0.15, 0.2) is 23.4 Å². The Morgan fingerprint density at radius 1 is 1.52 bits per heavy atom. The highest BCUT2D eigenvalue weighted by atomic mass is 32.2. The van der Waals surface area contributed by atoms with Crippen molar-refractivity contribution < 1.29 is 4.79 Å². The van der Waals surface area contributed by atoms with Gasteiger partial charge in [0.15, 0.2) is 0 Å². The SMILES string of the molecule is Cc1ccc(NC(=O)CSc2nnnn2C2CC2)c(N)c1. The second kappa shape index (κ2) is 5.72. The van der Waals surface area contributed by atoms with Crippen molar-refractivity contribution in [3.05, 3.63) is 23.8 Å². The van der Waals surface area contributed by atoms with Crippen molar-refractivity contribution in [1.82, 2.24) is 20.2 Å². The molecule has 0 bridgehead atoms. The monoisotopic (exact) mass is 304 g/mol. The predicted molar refractivity (Wildman–Crippen MR) is 81.0 cm³/mol. The first-order valence-corrected chi connectivity index (χ1v) is 7.68. The lowest BCUT2D eigenvalue weighted by Crippen LogP contribution is -2.15. The molecule has 21 heavy (non-hydrogen) atoms. The van der Waals surface area contributed by atoms with Crippen molar-refractivity contribution in [1.29, 1.82) is 0 Å². The van der Waals surface area contributed by atoms with Crippen LogP contribution in [0, 0.1) is 6.92 Å². The van der Waals surface area contributed by atoms with E-state index in [1.165, 1.54) is 11.8 Å². The van der Waals surface area contributed by atoms with Crippen LogP contribution in [0.2, 0.25) is 0 Å². The molecule has 1 saturated carbocycles. The summed E-state index contributed by atoms with van der Waals surface area (Å²) in [6, 6.07) is 5.95. The Morgan fingerprint density at radius 2 is 2.33 bits per heavy atom. The van der Waals surface area contributed by atoms with Crippen molar-refractivity contribution >= 4 is 29.0 Å². The van der Waals surface area contributed by atoms with E-state index in [1.807, 2.05) is 25.1 Å². The number of anilines is 2. The average Bonchev–Trinajstić information content (AvgIpc) is 3.18. The van der Waals surface area contributed by atoms with Gasteiger partial charge >= 0.3 is 0 Å². The Hall–Kier alpha value is -2.09. The van der Waals surface area contributed by atoms with Crippen LogP contribution in [0.1, 0.15) is 24.4 Å². The lowest BCUT2D eigenvalue weighted by Gasteiger charge is -2.08. The number of carbonyl (C=O) groups is 1. The van der Waals surface area contributed by atoms with E-state index >= 15 is 0 Å². The van der Waals surface area contributed by atoms with Crippen molar-refractivity contribution in [2.75, 3.05) is 16.8 Å². The number of nitrogen functional groups attached to an aromatic ring is 1. The Morgan fingerprint density at radius 3 is 3.05 bits per heavy atom. The zero-order valence-electron chi connectivity index (χ0n) is 11.6. The van der Waals surface area contributed by atoms with Crippen molar-refractivity contribution in [3.63, 3.8) is 0 Å². The number of aryl methyl sites for hydroxylation is 1. The lowest BCUT2D eigenvalue weighted by atomic mass is 10.2. The molecule has 1 aliphatic rings. The predicted octanol–water partition coefficient (Wildman–Crippen LogP) is 1.63. The van der Waals surface area contributed by atoms with Gasteiger partial charge in [-0.3, -0.25) is 4.79 Å². The molecule has 0 spiro atoms. The summed E-state index contributed by atoms with van der Waals surface area (Å²) in [5, 5.41) is 15.0. The van der Waals surface area contributed by atoms with Gasteiger partial charge < -0.3 is 11.1 Å². The minimum atomic E-state index is -0.124. The van der Waals surface area contributed by atoms with E-state index in [9.17, 15) is 4.79 Å². The van der Waals surface area contributed by atoms with E-state index in [4.69, 9.17) is 5.73 Å². The summed E-state index contributed by atoms with van der Waals surface area (Å²) >= 11 is 1.33. The smallest absolute Gasteiger partial charge is 0.234 e. The standard InChI is InChI=1S/C13H16N6OS/c1-8-2-5-11(10(14)6-8)15-12(20)7-21-13-16-17-18-19(13)9-3-4-9/h2,5-6,9H,3-4,7,14H2,1H3,(H,15,20). The van der Waals surface area contributed by atoms with E-state index in [0.717, 1.165) is 18.4 Å². The number of nitrogens with two attached hydrogens (primary N) is 1. The average molecular weight is 304 g/mol. The number of aromatic nitrogens is 4.